The molecule has 1 fully saturated rings. The van der Waals surface area contributed by atoms with Gasteiger partial charge in [-0.25, -0.2) is 4.98 Å². The van der Waals surface area contributed by atoms with Gasteiger partial charge in [-0.3, -0.25) is 4.79 Å². The van der Waals surface area contributed by atoms with E-state index in [2.05, 4.69) is 42.8 Å². The number of pyridine rings is 1. The normalized spacial score (nSPS) is 19.5. The number of nitrogens with zero attached hydrogens (tertiary/aromatic N) is 2. The fourth-order valence-corrected chi connectivity index (χ4v) is 2.96. The zero-order chi connectivity index (χ0) is 23.4. The molecule has 0 saturated heterocycles. The highest BCUT2D eigenvalue weighted by Gasteiger charge is 2.34. The summed E-state index contributed by atoms with van der Waals surface area (Å²) in [5, 5.41) is 15.9. The van der Waals surface area contributed by atoms with Crippen molar-refractivity contribution in [2.75, 3.05) is 11.9 Å². The third-order valence-corrected chi connectivity index (χ3v) is 5.09. The lowest BCUT2D eigenvalue weighted by molar-refractivity contribution is -0.144. The lowest BCUT2D eigenvalue weighted by Gasteiger charge is -2.33. The molecule has 2 rings (SSSR count). The van der Waals surface area contributed by atoms with Crippen LogP contribution in [0.4, 0.5) is 5.82 Å². The van der Waals surface area contributed by atoms with Crippen LogP contribution in [0.5, 0.6) is 0 Å². The molecule has 0 spiro atoms. The first-order valence-corrected chi connectivity index (χ1v) is 10.8. The van der Waals surface area contributed by atoms with Crippen molar-refractivity contribution in [1.29, 1.82) is 0 Å². The van der Waals surface area contributed by atoms with E-state index in [0.717, 1.165) is 11.5 Å². The molecule has 1 unspecified atom stereocenters. The number of carboxylic acid groups (broad SMARTS) is 1. The van der Waals surface area contributed by atoms with E-state index in [0.29, 0.717) is 36.7 Å². The Morgan fingerprint density at radius 3 is 2.55 bits per heavy atom. The van der Waals surface area contributed by atoms with Crippen LogP contribution in [0, 0.1) is 17.8 Å². The molecule has 1 aromatic rings. The maximum Gasteiger partial charge on any atom is 0.306 e. The van der Waals surface area contributed by atoms with E-state index in [4.69, 9.17) is 15.7 Å². The van der Waals surface area contributed by atoms with E-state index in [-0.39, 0.29) is 17.8 Å². The molecular formula is C24H38N4O3. The fourth-order valence-electron chi connectivity index (χ4n) is 2.96. The number of anilines is 1. The number of nitrogens with two attached hydrogens (primary N) is 1. The molecule has 1 saturated carbocycles. The van der Waals surface area contributed by atoms with Gasteiger partial charge in [0.15, 0.2) is 5.84 Å². The van der Waals surface area contributed by atoms with Crippen LogP contribution in [0.25, 0.3) is 0 Å². The third-order valence-electron chi connectivity index (χ3n) is 5.09. The van der Waals surface area contributed by atoms with E-state index >= 15 is 0 Å². The second kappa shape index (κ2) is 13.5. The quantitative estimate of drug-likeness (QED) is 0.213. The zero-order valence-electron chi connectivity index (χ0n) is 19.5. The van der Waals surface area contributed by atoms with Crippen molar-refractivity contribution in [3.63, 3.8) is 0 Å². The van der Waals surface area contributed by atoms with Crippen LogP contribution in [-0.4, -0.2) is 34.5 Å². The highest BCUT2D eigenvalue weighted by Crippen LogP contribution is 2.29. The van der Waals surface area contributed by atoms with Crippen molar-refractivity contribution in [3.05, 3.63) is 48.2 Å². The minimum Gasteiger partial charge on any atom is -0.481 e. The number of amidine groups is 1. The number of nitrogens with one attached hydrogen (secondary N) is 1. The van der Waals surface area contributed by atoms with Gasteiger partial charge in [-0.05, 0) is 62.7 Å². The summed E-state index contributed by atoms with van der Waals surface area (Å²) in [7, 11) is 0. The number of rotatable bonds is 10. The molecule has 0 amide bonds. The second-order valence-electron chi connectivity index (χ2n) is 8.51. The molecular weight excluding hydrogens is 392 g/mol. The topological polar surface area (TPSA) is 110 Å². The van der Waals surface area contributed by atoms with Crippen molar-refractivity contribution in [2.45, 2.75) is 59.9 Å². The standard InChI is InChI=1S/C16H22N4O3.C8H16/c1-3-10(2)9-23-20-15(17)11-4-5-14(18-8-11)19-13-6-12(7-13)16(21)22;1-5-8(4)6-7(2)3/h3-5,8,12-13H,6-7,9H2,1-2H3,(H2,17,20)(H,18,19)(H,21,22);5,7-8H,1,6H2,2-4H3/b10-3+;. The Hall–Kier alpha value is -2.83. The van der Waals surface area contributed by atoms with Gasteiger partial charge in [0.1, 0.15) is 12.4 Å². The molecule has 7 heteroatoms. The van der Waals surface area contributed by atoms with Crippen LogP contribution < -0.4 is 11.1 Å². The largest absolute Gasteiger partial charge is 0.481 e. The number of hydrogen-bond acceptors (Lipinski definition) is 5. The second-order valence-corrected chi connectivity index (χ2v) is 8.51. The van der Waals surface area contributed by atoms with Crippen molar-refractivity contribution < 1.29 is 14.7 Å². The highest BCUT2D eigenvalue weighted by atomic mass is 16.6. The van der Waals surface area contributed by atoms with Gasteiger partial charge in [-0.1, -0.05) is 38.1 Å². The van der Waals surface area contributed by atoms with Crippen molar-refractivity contribution in [3.8, 4) is 0 Å². The molecule has 1 atom stereocenters. The monoisotopic (exact) mass is 430 g/mol. The number of carbonyl (C=O) groups is 1. The SMILES string of the molecule is C/C=C(\C)CO/N=C(\N)c1ccc(NC2CC(C(=O)O)C2)nc1.C=CC(C)CC(C)C. The maximum atomic E-state index is 10.8. The summed E-state index contributed by atoms with van der Waals surface area (Å²) >= 11 is 0. The van der Waals surface area contributed by atoms with Crippen LogP contribution in [0.1, 0.15) is 59.4 Å². The molecule has 7 nitrogen and oxygen atoms in total. The summed E-state index contributed by atoms with van der Waals surface area (Å²) in [4.78, 5) is 20.2. The lowest BCUT2D eigenvalue weighted by Crippen LogP contribution is -2.39. The molecule has 1 aliphatic rings. The first-order valence-electron chi connectivity index (χ1n) is 10.8. The Bertz CT molecular complexity index is 751. The van der Waals surface area contributed by atoms with Crippen LogP contribution in [0.2, 0.25) is 0 Å². The fraction of sp³-hybridized carbons (Fsp3) is 0.542. The Labute approximate surface area is 186 Å². The first kappa shape index (κ1) is 26.2. The molecule has 4 N–H and O–H groups in total. The van der Waals surface area contributed by atoms with Crippen LogP contribution in [0.3, 0.4) is 0 Å². The first-order chi connectivity index (χ1) is 14.7. The molecule has 0 radical (unpaired) electrons. The van der Waals surface area contributed by atoms with Crippen LogP contribution >= 0.6 is 0 Å². The van der Waals surface area contributed by atoms with Crippen molar-refractivity contribution >= 4 is 17.6 Å². The van der Waals surface area contributed by atoms with Gasteiger partial charge in [-0.15, -0.1) is 6.58 Å². The Kier molecular flexibility index (Phi) is 11.4. The van der Waals surface area contributed by atoms with E-state index < -0.39 is 5.97 Å². The summed E-state index contributed by atoms with van der Waals surface area (Å²) in [6.45, 7) is 14.7. The molecule has 0 aromatic carbocycles. The number of hydrogen-bond donors (Lipinski definition) is 3. The number of allylic oxidation sites excluding steroid dienone is 2. The maximum absolute atomic E-state index is 10.8. The van der Waals surface area contributed by atoms with Gasteiger partial charge in [-0.2, -0.15) is 0 Å². The highest BCUT2D eigenvalue weighted by molar-refractivity contribution is 5.96. The van der Waals surface area contributed by atoms with Gasteiger partial charge in [0.25, 0.3) is 0 Å². The number of carboxylic acids is 1. The molecule has 0 bridgehead atoms. The molecule has 0 aliphatic heterocycles. The van der Waals surface area contributed by atoms with E-state index in [1.165, 1.54) is 6.42 Å². The van der Waals surface area contributed by atoms with Gasteiger partial charge in [0.2, 0.25) is 0 Å². The minimum atomic E-state index is -0.733. The van der Waals surface area contributed by atoms with Crippen LogP contribution in [-0.2, 0) is 9.63 Å². The van der Waals surface area contributed by atoms with Crippen molar-refractivity contribution in [2.24, 2.45) is 28.6 Å². The van der Waals surface area contributed by atoms with Gasteiger partial charge >= 0.3 is 5.97 Å². The minimum absolute atomic E-state index is 0.160. The average Bonchev–Trinajstić information content (AvgIpc) is 2.70. The van der Waals surface area contributed by atoms with Gasteiger partial charge < -0.3 is 21.0 Å². The zero-order valence-corrected chi connectivity index (χ0v) is 19.5. The molecule has 1 aromatic heterocycles. The summed E-state index contributed by atoms with van der Waals surface area (Å²) in [5.74, 6) is 1.48. The summed E-state index contributed by atoms with van der Waals surface area (Å²) in [6, 6.07) is 3.75. The Balaban J connectivity index is 0.000000512. The average molecular weight is 431 g/mol. The molecule has 1 aliphatic carbocycles. The predicted octanol–water partition coefficient (Wildman–Crippen LogP) is 4.81. The van der Waals surface area contributed by atoms with E-state index in [1.807, 2.05) is 26.0 Å². The number of aromatic nitrogens is 1. The number of oxime groups is 1. The predicted molar refractivity (Wildman–Crippen MR) is 127 cm³/mol. The molecule has 31 heavy (non-hydrogen) atoms. The summed E-state index contributed by atoms with van der Waals surface area (Å²) in [6.07, 6.45) is 8.09. The summed E-state index contributed by atoms with van der Waals surface area (Å²) < 4.78 is 0. The Morgan fingerprint density at radius 1 is 1.42 bits per heavy atom. The number of aliphatic carboxylic acids is 1. The van der Waals surface area contributed by atoms with Gasteiger partial charge in [0, 0.05) is 17.8 Å². The third kappa shape index (κ3) is 10.2. The van der Waals surface area contributed by atoms with E-state index in [9.17, 15) is 4.79 Å². The van der Waals surface area contributed by atoms with Crippen LogP contribution in [0.15, 0.2) is 47.8 Å². The summed E-state index contributed by atoms with van der Waals surface area (Å²) in [5.41, 5.74) is 7.58. The molecule has 172 valence electrons. The van der Waals surface area contributed by atoms with Gasteiger partial charge in [0.05, 0.1) is 5.92 Å². The van der Waals surface area contributed by atoms with E-state index in [1.54, 1.807) is 18.3 Å². The van der Waals surface area contributed by atoms with Crippen molar-refractivity contribution in [1.82, 2.24) is 4.98 Å². The lowest BCUT2D eigenvalue weighted by atomic mass is 9.80. The molecule has 1 heterocycles. The Morgan fingerprint density at radius 2 is 2.10 bits per heavy atom. The smallest absolute Gasteiger partial charge is 0.306 e.